The van der Waals surface area contributed by atoms with Gasteiger partial charge in [0.1, 0.15) is 18.0 Å². The van der Waals surface area contributed by atoms with Gasteiger partial charge in [0.2, 0.25) is 47.3 Å². The zero-order valence-corrected chi connectivity index (χ0v) is 65.6. The molecule has 4 atom stereocenters. The summed E-state index contributed by atoms with van der Waals surface area (Å²) in [6, 6.07) is 17.5. The first-order chi connectivity index (χ1) is 52.2. The van der Waals surface area contributed by atoms with Crippen molar-refractivity contribution in [1.29, 1.82) is 0 Å². The predicted octanol–water partition coefficient (Wildman–Crippen LogP) is 6.49. The van der Waals surface area contributed by atoms with Crippen LogP contribution in [0, 0.1) is 23.7 Å². The Morgan fingerprint density at radius 3 is 1.42 bits per heavy atom. The molecular weight excluding hydrogens is 1400 g/mol. The zero-order chi connectivity index (χ0) is 81.3. The number of ether oxygens (including phenoxy) is 4. The first-order valence-electron chi connectivity index (χ1n) is 38.1. The minimum absolute atomic E-state index is 0.00980. The number of carbonyl (C=O) groups is 16. The molecule has 2 aromatic rings. The number of ketones is 6. The molecule has 0 aromatic heterocycles. The highest BCUT2D eigenvalue weighted by atomic mass is 16.5. The minimum atomic E-state index is -0.810. The molecule has 2 heterocycles. The average molecular weight is 1530 g/mol. The molecule has 2 aromatic carbocycles. The molecule has 4 unspecified atom stereocenters. The van der Waals surface area contributed by atoms with E-state index in [2.05, 4.69) is 45.1 Å². The molecule has 4 rings (SSSR count). The quantitative estimate of drug-likeness (QED) is 0.0178. The Hall–Kier alpha value is -9.12. The topological polar surface area (TPSA) is 389 Å². The summed E-state index contributed by atoms with van der Waals surface area (Å²) in [4.78, 5) is 196. The van der Waals surface area contributed by atoms with E-state index < -0.39 is 47.9 Å². The van der Waals surface area contributed by atoms with Crippen LogP contribution in [-0.2, 0) is 109 Å². The molecule has 0 radical (unpaired) electrons. The number of nitrogens with one attached hydrogen (secondary N) is 6. The van der Waals surface area contributed by atoms with Crippen LogP contribution in [0.2, 0.25) is 0 Å². The van der Waals surface area contributed by atoms with Gasteiger partial charge < -0.3 is 50.8 Å². The fourth-order valence-electron chi connectivity index (χ4n) is 10.8. The van der Waals surface area contributed by atoms with Crippen LogP contribution in [0.3, 0.4) is 0 Å². The molecule has 0 aliphatic carbocycles. The first-order valence-corrected chi connectivity index (χ1v) is 38.1. The lowest BCUT2D eigenvalue weighted by molar-refractivity contribution is -0.140. The van der Waals surface area contributed by atoms with Crippen LogP contribution in [0.4, 0.5) is 0 Å². The maximum Gasteiger partial charge on any atom is 0.253 e. The lowest BCUT2D eigenvalue weighted by atomic mass is 9.91. The highest BCUT2D eigenvalue weighted by molar-refractivity contribution is 6.13. The lowest BCUT2D eigenvalue weighted by Gasteiger charge is -2.23. The first kappa shape index (κ1) is 97.9. The number of rotatable bonds is 56. The molecule has 10 amide bonds. The van der Waals surface area contributed by atoms with Crippen molar-refractivity contribution in [2.45, 2.75) is 202 Å². The number of carbonyl (C=O) groups excluding carboxylic acids is 16. The Bertz CT molecular complexity index is 3160. The summed E-state index contributed by atoms with van der Waals surface area (Å²) in [6.07, 6.45) is 9.26. The Morgan fingerprint density at radius 1 is 0.459 bits per heavy atom. The molecule has 1 fully saturated rings. The highest BCUT2D eigenvalue weighted by Crippen LogP contribution is 2.19. The Morgan fingerprint density at radius 2 is 0.917 bits per heavy atom. The van der Waals surface area contributed by atoms with Gasteiger partial charge in [0.05, 0.1) is 58.2 Å². The maximum atomic E-state index is 13.5. The number of hydrogen-bond donors (Lipinski definition) is 6. The number of nitrogens with zero attached hydrogens (tertiary/aromatic N) is 2. The normalized spacial score (nSPS) is 13.3. The van der Waals surface area contributed by atoms with Crippen LogP contribution >= 0.6 is 0 Å². The van der Waals surface area contributed by atoms with Crippen molar-refractivity contribution < 1.29 is 95.7 Å². The molecule has 1 saturated heterocycles. The van der Waals surface area contributed by atoms with Gasteiger partial charge >= 0.3 is 0 Å². The SMILES string of the molecule is C=C.CC(C)CC(NC(=O)C(C)Cc1ccccc1)C(=O)CCC(=O)NCCCOCCOCCCCC(=O)CCN1C(=O)CCC1=O.CCCCNC(=O)CCC(=O)C(CC(C)C)NC(=O)C(CC(=O)CNC(=O)CC(=O)NCC(=O)CC)Cc1ccccc1.COCCOCCC(=O)CCN1C(=O)C=CC1=O. The van der Waals surface area contributed by atoms with Crippen LogP contribution in [-0.4, -0.2) is 208 Å². The van der Waals surface area contributed by atoms with Gasteiger partial charge in [-0.05, 0) is 74.3 Å². The van der Waals surface area contributed by atoms with Crippen LogP contribution in [0.25, 0.3) is 0 Å². The van der Waals surface area contributed by atoms with Gasteiger partial charge in [0.15, 0.2) is 23.1 Å². The molecule has 0 saturated carbocycles. The van der Waals surface area contributed by atoms with Gasteiger partial charge in [-0.1, -0.05) is 116 Å². The summed E-state index contributed by atoms with van der Waals surface area (Å²) in [5.41, 5.74) is 1.89. The van der Waals surface area contributed by atoms with E-state index in [4.69, 9.17) is 18.9 Å². The van der Waals surface area contributed by atoms with Gasteiger partial charge in [-0.3, -0.25) is 86.5 Å². The number of imide groups is 2. The summed E-state index contributed by atoms with van der Waals surface area (Å²) in [5.74, 6) is -5.18. The van der Waals surface area contributed by atoms with E-state index in [0.29, 0.717) is 97.9 Å². The second-order valence-electron chi connectivity index (χ2n) is 27.3. The Labute approximate surface area is 643 Å². The summed E-state index contributed by atoms with van der Waals surface area (Å²) >= 11 is 0. The lowest BCUT2D eigenvalue weighted by Crippen LogP contribution is -2.46. The van der Waals surface area contributed by atoms with Crippen molar-refractivity contribution in [3.05, 3.63) is 97.1 Å². The number of benzene rings is 2. The van der Waals surface area contributed by atoms with E-state index in [9.17, 15) is 76.7 Å². The fourth-order valence-corrected chi connectivity index (χ4v) is 10.8. The molecule has 2 aliphatic rings. The monoisotopic (exact) mass is 1530 g/mol. The molecular formula is C81H122N8O20. The number of unbranched alkanes of at least 4 members (excludes halogenated alkanes) is 2. The molecule has 2 aliphatic heterocycles. The number of hydrogen-bond acceptors (Lipinski definition) is 20. The zero-order valence-electron chi connectivity index (χ0n) is 65.6. The molecule has 606 valence electrons. The van der Waals surface area contributed by atoms with E-state index in [0.717, 1.165) is 35.3 Å². The standard InChI is InChI=1S/C35H53N3O8.C32H48N4O7.C12H17NO5.C2H4/c1-26(2)24-30(37-35(44)27(3)25-28-10-5-4-6-11-28)31(40)13-14-32(41)36-18-9-21-46-23-22-45-20-8-7-12-29(39)17-19-38-33(42)15-16-34(38)43;1-5-7-15-33-29(40)14-13-28(39)27(16-22(3)4)36-32(43)24(17-23-11-9-8-10-12-23)18-26(38)21-35-31(42)19-30(41)34-20-25(37)6-2;1-17-8-9-18-7-5-10(14)4-6-13-11(15)2-3-12(13)16;1-2/h4-6,10-11,26-27,30H,7-9,12-25H2,1-3H3,(H,36,41)(H,37,44);8-12,22,24,27H,5-7,13-21H2,1-4H3,(H,33,40)(H,34,41)(H,35,42)(H,36,43);2-3H,4-9H2,1H3;1-2H2. The minimum Gasteiger partial charge on any atom is -0.382 e. The van der Waals surface area contributed by atoms with E-state index in [1.54, 1.807) is 14.0 Å². The van der Waals surface area contributed by atoms with Crippen molar-refractivity contribution in [2.75, 3.05) is 92.6 Å². The van der Waals surface area contributed by atoms with Crippen molar-refractivity contribution in [3.8, 4) is 0 Å². The molecule has 0 bridgehead atoms. The summed E-state index contributed by atoms with van der Waals surface area (Å²) < 4.78 is 21.0. The second-order valence-corrected chi connectivity index (χ2v) is 27.3. The van der Waals surface area contributed by atoms with E-state index in [1.165, 1.54) is 17.1 Å². The van der Waals surface area contributed by atoms with E-state index in [-0.39, 0.29) is 191 Å². The van der Waals surface area contributed by atoms with Gasteiger partial charge in [0.25, 0.3) is 11.8 Å². The number of methoxy groups -OCH3 is 1. The average Bonchev–Trinajstić information content (AvgIpc) is 1.72. The number of amides is 10. The third-order valence-corrected chi connectivity index (χ3v) is 17.0. The highest BCUT2D eigenvalue weighted by Gasteiger charge is 2.31. The van der Waals surface area contributed by atoms with Gasteiger partial charge in [-0.25, -0.2) is 0 Å². The Balaban J connectivity index is 0.000000875. The fraction of sp³-hybridized carbons (Fsp3) is 0.605. The van der Waals surface area contributed by atoms with Gasteiger partial charge in [-0.2, -0.15) is 0 Å². The van der Waals surface area contributed by atoms with Gasteiger partial charge in [-0.15, -0.1) is 13.2 Å². The Kier molecular flexibility index (Phi) is 53.7. The van der Waals surface area contributed by atoms with Gasteiger partial charge in [0, 0.05) is 148 Å². The predicted molar refractivity (Wildman–Crippen MR) is 410 cm³/mol. The van der Waals surface area contributed by atoms with Crippen molar-refractivity contribution >= 4 is 93.8 Å². The smallest absolute Gasteiger partial charge is 0.253 e. The van der Waals surface area contributed by atoms with Crippen molar-refractivity contribution in [1.82, 2.24) is 41.7 Å². The van der Waals surface area contributed by atoms with Crippen LogP contribution in [0.5, 0.6) is 0 Å². The van der Waals surface area contributed by atoms with Crippen molar-refractivity contribution in [3.63, 3.8) is 0 Å². The molecule has 0 spiro atoms. The largest absolute Gasteiger partial charge is 0.382 e. The summed E-state index contributed by atoms with van der Waals surface area (Å²) in [7, 11) is 1.58. The third kappa shape index (κ3) is 47.4. The number of likely N-dealkylation sites (tertiary alicyclic amines) is 1. The van der Waals surface area contributed by atoms with Crippen LogP contribution in [0.15, 0.2) is 86.0 Å². The third-order valence-electron chi connectivity index (χ3n) is 17.0. The van der Waals surface area contributed by atoms with Crippen molar-refractivity contribution in [2.24, 2.45) is 23.7 Å². The summed E-state index contributed by atoms with van der Waals surface area (Å²) in [5, 5.41) is 16.1. The second kappa shape index (κ2) is 59.8. The number of Topliss-reactive ketones (excluding diaryl/α,β-unsaturated/α-hetero) is 6. The maximum absolute atomic E-state index is 13.5. The molecule has 28 heteroatoms. The molecule has 6 N–H and O–H groups in total. The molecule has 28 nitrogen and oxygen atoms in total. The van der Waals surface area contributed by atoms with E-state index >= 15 is 0 Å². The van der Waals surface area contributed by atoms with Crippen LogP contribution in [0.1, 0.15) is 188 Å². The summed E-state index contributed by atoms with van der Waals surface area (Å²) in [6.45, 7) is 23.3. The van der Waals surface area contributed by atoms with E-state index in [1.807, 2.05) is 102 Å². The van der Waals surface area contributed by atoms with Crippen LogP contribution < -0.4 is 31.9 Å². The molecule has 109 heavy (non-hydrogen) atoms.